The summed E-state index contributed by atoms with van der Waals surface area (Å²) in [7, 11) is -0.778. The number of nitrogens with one attached hydrogen (secondary N) is 2. The van der Waals surface area contributed by atoms with Crippen molar-refractivity contribution in [1.82, 2.24) is 15.3 Å². The maximum atomic E-state index is 11.9. The molecule has 0 spiro atoms. The molecule has 2 unspecified atom stereocenters. The van der Waals surface area contributed by atoms with Crippen molar-refractivity contribution in [2.24, 2.45) is 0 Å². The number of aromatic amines is 1. The molecule has 0 bridgehead atoms. The van der Waals surface area contributed by atoms with Crippen LogP contribution < -0.4 is 10.9 Å². The van der Waals surface area contributed by atoms with Gasteiger partial charge in [-0.25, -0.2) is 4.98 Å². The summed E-state index contributed by atoms with van der Waals surface area (Å²) < 4.78 is 11.3. The smallest absolute Gasteiger partial charge is 0.255 e. The second kappa shape index (κ2) is 6.80. The summed E-state index contributed by atoms with van der Waals surface area (Å²) >= 11 is 0. The lowest BCUT2D eigenvalue weighted by Gasteiger charge is -2.15. The molecule has 5 nitrogen and oxygen atoms in total. The third-order valence-electron chi connectivity index (χ3n) is 2.80. The summed E-state index contributed by atoms with van der Waals surface area (Å²) in [5.41, 5.74) is 1.30. The number of aryl methyl sites for hydroxylation is 2. The van der Waals surface area contributed by atoms with E-state index in [0.29, 0.717) is 29.4 Å². The second-order valence-electron chi connectivity index (χ2n) is 4.26. The second-order valence-corrected chi connectivity index (χ2v) is 6.12. The Bertz CT molecular complexity index is 485. The number of hydrogen-bond donors (Lipinski definition) is 2. The van der Waals surface area contributed by atoms with Crippen LogP contribution in [0.3, 0.4) is 0 Å². The summed E-state index contributed by atoms with van der Waals surface area (Å²) in [5, 5.41) is 3.21. The van der Waals surface area contributed by atoms with Gasteiger partial charge in [0.2, 0.25) is 0 Å². The molecule has 18 heavy (non-hydrogen) atoms. The molecule has 0 aliphatic carbocycles. The first-order valence-electron chi connectivity index (χ1n) is 6.11. The molecule has 2 atom stereocenters. The van der Waals surface area contributed by atoms with E-state index in [0.717, 1.165) is 5.69 Å². The van der Waals surface area contributed by atoms with Gasteiger partial charge in [0.05, 0.1) is 5.56 Å². The largest absolute Gasteiger partial charge is 0.310 e. The van der Waals surface area contributed by atoms with Crippen LogP contribution >= 0.6 is 0 Å². The number of nitrogens with zero attached hydrogens (tertiary/aromatic N) is 1. The van der Waals surface area contributed by atoms with E-state index < -0.39 is 10.8 Å². The van der Waals surface area contributed by atoms with Crippen molar-refractivity contribution < 1.29 is 4.21 Å². The van der Waals surface area contributed by atoms with Crippen LogP contribution in [0.2, 0.25) is 0 Å². The SMILES string of the molecule is CCS(=O)CCNC(C)c1c(C)nc(C)[nH]c1=O. The Morgan fingerprint density at radius 1 is 1.44 bits per heavy atom. The first-order chi connectivity index (χ1) is 8.45. The minimum atomic E-state index is -0.778. The van der Waals surface area contributed by atoms with Gasteiger partial charge in [0.15, 0.2) is 0 Å². The fraction of sp³-hybridized carbons (Fsp3) is 0.667. The molecule has 0 amide bonds. The number of rotatable bonds is 6. The molecule has 1 aromatic rings. The normalized spacial score (nSPS) is 14.4. The molecule has 0 aliphatic rings. The standard InChI is InChI=1S/C12H21N3O2S/c1-5-18(17)7-6-13-8(2)11-9(3)14-10(4)15-12(11)16/h8,13H,5-7H2,1-4H3,(H,14,15,16). The molecular formula is C12H21N3O2S. The van der Waals surface area contributed by atoms with Gasteiger partial charge in [-0.15, -0.1) is 0 Å². The Morgan fingerprint density at radius 2 is 2.11 bits per heavy atom. The fourth-order valence-corrected chi connectivity index (χ4v) is 2.52. The molecule has 2 N–H and O–H groups in total. The van der Waals surface area contributed by atoms with Crippen molar-refractivity contribution in [1.29, 1.82) is 0 Å². The van der Waals surface area contributed by atoms with Gasteiger partial charge in [0.1, 0.15) is 5.82 Å². The van der Waals surface area contributed by atoms with Crippen LogP contribution in [0, 0.1) is 13.8 Å². The molecular weight excluding hydrogens is 250 g/mol. The molecule has 0 saturated heterocycles. The van der Waals surface area contributed by atoms with Crippen LogP contribution in [0.25, 0.3) is 0 Å². The topological polar surface area (TPSA) is 74.8 Å². The van der Waals surface area contributed by atoms with Crippen LogP contribution in [0.15, 0.2) is 4.79 Å². The number of aromatic nitrogens is 2. The molecule has 0 fully saturated rings. The van der Waals surface area contributed by atoms with E-state index in [1.807, 2.05) is 20.8 Å². The van der Waals surface area contributed by atoms with E-state index in [9.17, 15) is 9.00 Å². The Balaban J connectivity index is 2.70. The summed E-state index contributed by atoms with van der Waals surface area (Å²) in [6.45, 7) is 8.05. The Kier molecular flexibility index (Phi) is 5.68. The van der Waals surface area contributed by atoms with Gasteiger partial charge in [-0.2, -0.15) is 0 Å². The highest BCUT2D eigenvalue weighted by atomic mass is 32.2. The zero-order valence-corrected chi connectivity index (χ0v) is 12.2. The van der Waals surface area contributed by atoms with E-state index in [1.54, 1.807) is 6.92 Å². The van der Waals surface area contributed by atoms with E-state index >= 15 is 0 Å². The molecule has 0 aromatic carbocycles. The van der Waals surface area contributed by atoms with Crippen LogP contribution in [-0.2, 0) is 10.8 Å². The molecule has 6 heteroatoms. The van der Waals surface area contributed by atoms with Crippen molar-refractivity contribution >= 4 is 10.8 Å². The molecule has 1 rings (SSSR count). The fourth-order valence-electron chi connectivity index (χ4n) is 1.88. The Hall–Kier alpha value is -1.01. The molecule has 0 saturated carbocycles. The van der Waals surface area contributed by atoms with Crippen molar-refractivity contribution in [3.63, 3.8) is 0 Å². The molecule has 1 aromatic heterocycles. The minimum absolute atomic E-state index is 0.0873. The maximum absolute atomic E-state index is 11.9. The van der Waals surface area contributed by atoms with Crippen LogP contribution in [-0.4, -0.2) is 32.2 Å². The van der Waals surface area contributed by atoms with Crippen LogP contribution in [0.5, 0.6) is 0 Å². The van der Waals surface area contributed by atoms with Gasteiger partial charge in [-0.1, -0.05) is 6.92 Å². The zero-order chi connectivity index (χ0) is 13.7. The van der Waals surface area contributed by atoms with E-state index in [2.05, 4.69) is 15.3 Å². The third kappa shape index (κ3) is 4.03. The Labute approximate surface area is 110 Å². The van der Waals surface area contributed by atoms with Gasteiger partial charge >= 0.3 is 0 Å². The average Bonchev–Trinajstić information content (AvgIpc) is 2.27. The highest BCUT2D eigenvalue weighted by molar-refractivity contribution is 7.84. The summed E-state index contributed by atoms with van der Waals surface area (Å²) in [5.74, 6) is 1.90. The number of hydrogen-bond acceptors (Lipinski definition) is 4. The van der Waals surface area contributed by atoms with Crippen molar-refractivity contribution in [3.8, 4) is 0 Å². The lowest BCUT2D eigenvalue weighted by molar-refractivity contribution is 0.583. The summed E-state index contributed by atoms with van der Waals surface area (Å²) in [4.78, 5) is 18.8. The predicted molar refractivity (Wildman–Crippen MR) is 74.3 cm³/mol. The summed E-state index contributed by atoms with van der Waals surface area (Å²) in [6.07, 6.45) is 0. The Morgan fingerprint density at radius 3 is 2.67 bits per heavy atom. The molecule has 1 heterocycles. The lowest BCUT2D eigenvalue weighted by atomic mass is 10.1. The minimum Gasteiger partial charge on any atom is -0.310 e. The van der Waals surface area contributed by atoms with Crippen molar-refractivity contribution in [2.45, 2.75) is 33.7 Å². The van der Waals surface area contributed by atoms with E-state index in [-0.39, 0.29) is 11.6 Å². The summed E-state index contributed by atoms with van der Waals surface area (Å²) in [6, 6.07) is -0.0873. The first-order valence-corrected chi connectivity index (χ1v) is 7.60. The molecule has 102 valence electrons. The van der Waals surface area contributed by atoms with Gasteiger partial charge in [-0.05, 0) is 20.8 Å². The predicted octanol–water partition coefficient (Wildman–Crippen LogP) is 0.806. The number of H-pyrrole nitrogens is 1. The highest BCUT2D eigenvalue weighted by Crippen LogP contribution is 2.10. The van der Waals surface area contributed by atoms with Gasteiger partial charge in [0, 0.05) is 40.6 Å². The van der Waals surface area contributed by atoms with E-state index in [4.69, 9.17) is 0 Å². The van der Waals surface area contributed by atoms with E-state index in [1.165, 1.54) is 0 Å². The van der Waals surface area contributed by atoms with Gasteiger partial charge in [-0.3, -0.25) is 9.00 Å². The lowest BCUT2D eigenvalue weighted by Crippen LogP contribution is -2.30. The quantitative estimate of drug-likeness (QED) is 0.803. The first kappa shape index (κ1) is 15.0. The third-order valence-corrected chi connectivity index (χ3v) is 4.10. The zero-order valence-electron chi connectivity index (χ0n) is 11.4. The average molecular weight is 271 g/mol. The van der Waals surface area contributed by atoms with Crippen molar-refractivity contribution in [3.05, 3.63) is 27.4 Å². The van der Waals surface area contributed by atoms with Gasteiger partial charge < -0.3 is 10.3 Å². The van der Waals surface area contributed by atoms with Crippen LogP contribution in [0.4, 0.5) is 0 Å². The molecule has 0 aliphatic heterocycles. The van der Waals surface area contributed by atoms with Gasteiger partial charge in [0.25, 0.3) is 5.56 Å². The maximum Gasteiger partial charge on any atom is 0.255 e. The van der Waals surface area contributed by atoms with Crippen LogP contribution in [0.1, 0.15) is 37.0 Å². The highest BCUT2D eigenvalue weighted by Gasteiger charge is 2.14. The molecule has 0 radical (unpaired) electrons. The monoisotopic (exact) mass is 271 g/mol. The van der Waals surface area contributed by atoms with Crippen molar-refractivity contribution in [2.75, 3.05) is 18.1 Å².